The Hall–Kier alpha value is -2.44. The van der Waals surface area contributed by atoms with Gasteiger partial charge in [-0.2, -0.15) is 0 Å². The SMILES string of the molecule is COc1ccc(Cl)cc1N(C)C(=O)c1noc2c1CSc1ccccc1-2. The second-order valence-electron chi connectivity index (χ2n) is 5.80. The maximum atomic E-state index is 13.1. The molecule has 7 heteroatoms. The quantitative estimate of drug-likeness (QED) is 0.641. The predicted molar refractivity (Wildman–Crippen MR) is 102 cm³/mol. The zero-order chi connectivity index (χ0) is 18.3. The van der Waals surface area contributed by atoms with Crippen LogP contribution in [0.2, 0.25) is 5.02 Å². The highest BCUT2D eigenvalue weighted by Crippen LogP contribution is 2.43. The number of anilines is 1. The van der Waals surface area contributed by atoms with E-state index >= 15 is 0 Å². The van der Waals surface area contributed by atoms with Gasteiger partial charge in [0.15, 0.2) is 11.5 Å². The maximum Gasteiger partial charge on any atom is 0.280 e. The molecule has 0 N–H and O–H groups in total. The first kappa shape index (κ1) is 17.0. The molecule has 1 aromatic heterocycles. The van der Waals surface area contributed by atoms with Gasteiger partial charge in [-0.25, -0.2) is 0 Å². The highest BCUT2D eigenvalue weighted by molar-refractivity contribution is 7.98. The van der Waals surface area contributed by atoms with Gasteiger partial charge in [-0.05, 0) is 30.3 Å². The van der Waals surface area contributed by atoms with E-state index < -0.39 is 0 Å². The molecule has 0 bridgehead atoms. The average Bonchev–Trinajstić information content (AvgIpc) is 3.11. The molecule has 132 valence electrons. The van der Waals surface area contributed by atoms with E-state index in [1.807, 2.05) is 24.3 Å². The lowest BCUT2D eigenvalue weighted by Gasteiger charge is -2.20. The summed E-state index contributed by atoms with van der Waals surface area (Å²) < 4.78 is 10.9. The third-order valence-corrected chi connectivity index (χ3v) is 5.64. The van der Waals surface area contributed by atoms with Crippen molar-refractivity contribution in [3.05, 3.63) is 58.7 Å². The van der Waals surface area contributed by atoms with Crippen molar-refractivity contribution in [2.24, 2.45) is 0 Å². The Morgan fingerprint density at radius 3 is 2.92 bits per heavy atom. The van der Waals surface area contributed by atoms with Gasteiger partial charge in [0.1, 0.15) is 5.75 Å². The smallest absolute Gasteiger partial charge is 0.280 e. The molecule has 26 heavy (non-hydrogen) atoms. The topological polar surface area (TPSA) is 55.6 Å². The van der Waals surface area contributed by atoms with E-state index in [9.17, 15) is 4.79 Å². The van der Waals surface area contributed by atoms with Crippen LogP contribution in [-0.4, -0.2) is 25.2 Å². The number of methoxy groups -OCH3 is 1. The van der Waals surface area contributed by atoms with Crippen LogP contribution in [0.25, 0.3) is 11.3 Å². The number of hydrogen-bond donors (Lipinski definition) is 0. The summed E-state index contributed by atoms with van der Waals surface area (Å²) in [6, 6.07) is 13.1. The largest absolute Gasteiger partial charge is 0.495 e. The molecule has 5 nitrogen and oxygen atoms in total. The van der Waals surface area contributed by atoms with E-state index in [1.54, 1.807) is 44.1 Å². The fourth-order valence-corrected chi connectivity index (χ4v) is 4.17. The molecule has 0 fully saturated rings. The number of halogens is 1. The van der Waals surface area contributed by atoms with Crippen LogP contribution in [0.3, 0.4) is 0 Å². The number of carbonyl (C=O) groups is 1. The predicted octanol–water partition coefficient (Wildman–Crippen LogP) is 4.89. The van der Waals surface area contributed by atoms with Crippen LogP contribution in [0.5, 0.6) is 5.75 Å². The van der Waals surface area contributed by atoms with Crippen LogP contribution in [-0.2, 0) is 5.75 Å². The summed E-state index contributed by atoms with van der Waals surface area (Å²) in [5.74, 6) is 1.59. The standard InChI is InChI=1S/C19H15ClN2O3S/c1-22(14-9-11(20)7-8-15(14)24-2)19(23)17-13-10-26-16-6-4-3-5-12(16)18(13)25-21-17/h3-9H,10H2,1-2H3. The Morgan fingerprint density at radius 1 is 1.31 bits per heavy atom. The number of rotatable bonds is 3. The molecule has 3 aromatic rings. The number of carbonyl (C=O) groups excluding carboxylic acids is 1. The van der Waals surface area contributed by atoms with E-state index in [4.69, 9.17) is 20.9 Å². The zero-order valence-corrected chi connectivity index (χ0v) is 15.7. The monoisotopic (exact) mass is 386 g/mol. The number of ether oxygens (including phenoxy) is 1. The van der Waals surface area contributed by atoms with Crippen molar-refractivity contribution in [1.29, 1.82) is 0 Å². The summed E-state index contributed by atoms with van der Waals surface area (Å²) in [5.41, 5.74) is 2.66. The van der Waals surface area contributed by atoms with Crippen molar-refractivity contribution in [2.45, 2.75) is 10.6 Å². The summed E-state index contributed by atoms with van der Waals surface area (Å²) in [7, 11) is 3.22. The number of hydrogen-bond acceptors (Lipinski definition) is 5. The lowest BCUT2D eigenvalue weighted by atomic mass is 10.1. The van der Waals surface area contributed by atoms with Gasteiger partial charge in [0.2, 0.25) is 0 Å². The number of benzene rings is 2. The molecule has 0 unspecified atom stereocenters. The van der Waals surface area contributed by atoms with E-state index in [2.05, 4.69) is 5.16 Å². The van der Waals surface area contributed by atoms with Gasteiger partial charge in [-0.3, -0.25) is 4.79 Å². The molecule has 0 saturated carbocycles. The van der Waals surface area contributed by atoms with Gasteiger partial charge in [-0.15, -0.1) is 11.8 Å². The van der Waals surface area contributed by atoms with Gasteiger partial charge in [0.25, 0.3) is 5.91 Å². The van der Waals surface area contributed by atoms with Crippen LogP contribution in [0, 0.1) is 0 Å². The van der Waals surface area contributed by atoms with E-state index in [0.717, 1.165) is 16.0 Å². The zero-order valence-electron chi connectivity index (χ0n) is 14.2. The van der Waals surface area contributed by atoms with Crippen LogP contribution in [0.1, 0.15) is 16.1 Å². The van der Waals surface area contributed by atoms with Crippen molar-refractivity contribution in [2.75, 3.05) is 19.1 Å². The normalized spacial score (nSPS) is 12.3. The molecule has 2 heterocycles. The van der Waals surface area contributed by atoms with E-state index in [-0.39, 0.29) is 5.91 Å². The Labute approximate surface area is 159 Å². The highest BCUT2D eigenvalue weighted by Gasteiger charge is 2.30. The Bertz CT molecular complexity index is 1000. The van der Waals surface area contributed by atoms with Gasteiger partial charge < -0.3 is 14.2 Å². The van der Waals surface area contributed by atoms with Gasteiger partial charge >= 0.3 is 0 Å². The number of amides is 1. The molecule has 1 aliphatic heterocycles. The minimum atomic E-state index is -0.268. The van der Waals surface area contributed by atoms with Gasteiger partial charge in [0, 0.05) is 33.8 Å². The van der Waals surface area contributed by atoms with E-state index in [1.165, 1.54) is 4.90 Å². The van der Waals surface area contributed by atoms with E-state index in [0.29, 0.717) is 33.7 Å². The second-order valence-corrected chi connectivity index (χ2v) is 7.26. The second kappa shape index (κ2) is 6.70. The first-order valence-corrected chi connectivity index (χ1v) is 9.29. The number of nitrogens with zero attached hydrogens (tertiary/aromatic N) is 2. The molecule has 1 aliphatic rings. The Balaban J connectivity index is 1.73. The molecular formula is C19H15ClN2O3S. The third-order valence-electron chi connectivity index (χ3n) is 4.30. The average molecular weight is 387 g/mol. The molecule has 1 amide bonds. The van der Waals surface area contributed by atoms with Crippen molar-refractivity contribution in [1.82, 2.24) is 5.16 Å². The Morgan fingerprint density at radius 2 is 2.12 bits per heavy atom. The molecular weight excluding hydrogens is 372 g/mol. The molecule has 0 atom stereocenters. The summed E-state index contributed by atoms with van der Waals surface area (Å²) in [6.07, 6.45) is 0. The summed E-state index contributed by atoms with van der Waals surface area (Å²) in [4.78, 5) is 15.7. The molecule has 0 radical (unpaired) electrons. The number of aromatic nitrogens is 1. The molecule has 0 saturated heterocycles. The summed E-state index contributed by atoms with van der Waals surface area (Å²) in [5, 5.41) is 4.59. The first-order chi connectivity index (χ1) is 12.6. The minimum absolute atomic E-state index is 0.268. The van der Waals surface area contributed by atoms with Gasteiger partial charge in [0.05, 0.1) is 12.8 Å². The summed E-state index contributed by atoms with van der Waals surface area (Å²) in [6.45, 7) is 0. The fraction of sp³-hybridized carbons (Fsp3) is 0.158. The highest BCUT2D eigenvalue weighted by atomic mass is 35.5. The van der Waals surface area contributed by atoms with Crippen molar-refractivity contribution < 1.29 is 14.1 Å². The minimum Gasteiger partial charge on any atom is -0.495 e. The number of thioether (sulfide) groups is 1. The lowest BCUT2D eigenvalue weighted by molar-refractivity contribution is 0.0983. The third kappa shape index (κ3) is 2.75. The van der Waals surface area contributed by atoms with Crippen molar-refractivity contribution >= 4 is 35.0 Å². The van der Waals surface area contributed by atoms with Crippen molar-refractivity contribution in [3.8, 4) is 17.1 Å². The molecule has 0 aliphatic carbocycles. The van der Waals surface area contributed by atoms with Crippen LogP contribution in [0.15, 0.2) is 51.9 Å². The first-order valence-electron chi connectivity index (χ1n) is 7.92. The maximum absolute atomic E-state index is 13.1. The van der Waals surface area contributed by atoms with Gasteiger partial charge in [-0.1, -0.05) is 28.9 Å². The van der Waals surface area contributed by atoms with Crippen LogP contribution in [0.4, 0.5) is 5.69 Å². The van der Waals surface area contributed by atoms with Crippen LogP contribution >= 0.6 is 23.4 Å². The Kier molecular flexibility index (Phi) is 4.38. The molecule has 2 aromatic carbocycles. The van der Waals surface area contributed by atoms with Crippen LogP contribution < -0.4 is 9.64 Å². The lowest BCUT2D eigenvalue weighted by Crippen LogP contribution is -2.28. The fourth-order valence-electron chi connectivity index (χ4n) is 2.95. The molecule has 0 spiro atoms. The number of fused-ring (bicyclic) bond motifs is 3. The van der Waals surface area contributed by atoms with Crippen molar-refractivity contribution in [3.63, 3.8) is 0 Å². The molecule has 4 rings (SSSR count). The summed E-state index contributed by atoms with van der Waals surface area (Å²) >= 11 is 7.76.